The molecule has 0 aromatic carbocycles. The van der Waals surface area contributed by atoms with Crippen molar-refractivity contribution in [3.05, 3.63) is 85.1 Å². The van der Waals surface area contributed by atoms with Crippen molar-refractivity contribution in [2.45, 2.75) is 316 Å². The minimum absolute atomic E-state index is 0.0832. The fourth-order valence-electron chi connectivity index (χ4n) is 8.98. The number of allylic oxidation sites excluding steroid dienone is 14. The van der Waals surface area contributed by atoms with Crippen LogP contribution in [0.3, 0.4) is 0 Å². The summed E-state index contributed by atoms with van der Waals surface area (Å²) in [5.74, 6) is -0.894. The number of ether oxygens (including phenoxy) is 3. The Morgan fingerprint density at radius 3 is 0.824 bits per heavy atom. The van der Waals surface area contributed by atoms with Crippen LogP contribution in [0.15, 0.2) is 85.1 Å². The highest BCUT2D eigenvalue weighted by atomic mass is 16.6. The number of esters is 3. The van der Waals surface area contributed by atoms with Crippen molar-refractivity contribution in [2.75, 3.05) is 13.2 Å². The van der Waals surface area contributed by atoms with Gasteiger partial charge in [-0.25, -0.2) is 0 Å². The summed E-state index contributed by atoms with van der Waals surface area (Å²) >= 11 is 0. The van der Waals surface area contributed by atoms with Crippen molar-refractivity contribution in [1.29, 1.82) is 0 Å². The van der Waals surface area contributed by atoms with E-state index in [1.807, 2.05) is 0 Å². The maximum absolute atomic E-state index is 12.9. The third-order valence-electron chi connectivity index (χ3n) is 13.6. The van der Waals surface area contributed by atoms with Crippen molar-refractivity contribution in [3.63, 3.8) is 0 Å². The maximum Gasteiger partial charge on any atom is 0.306 e. The second-order valence-electron chi connectivity index (χ2n) is 20.9. The highest BCUT2D eigenvalue weighted by molar-refractivity contribution is 5.71. The van der Waals surface area contributed by atoms with E-state index in [4.69, 9.17) is 14.2 Å². The molecule has 6 nitrogen and oxygen atoms in total. The highest BCUT2D eigenvalue weighted by Crippen LogP contribution is 2.17. The maximum atomic E-state index is 12.9. The zero-order chi connectivity index (χ0) is 53.6. The Balaban J connectivity index is 4.39. The van der Waals surface area contributed by atoms with Gasteiger partial charge >= 0.3 is 17.9 Å². The van der Waals surface area contributed by atoms with Gasteiger partial charge in [0.15, 0.2) is 6.10 Å². The number of unbranched alkanes of at least 4 members (excludes halogenated alkanes) is 32. The summed E-state index contributed by atoms with van der Waals surface area (Å²) < 4.78 is 16.9. The smallest absolute Gasteiger partial charge is 0.306 e. The fraction of sp³-hybridized carbons (Fsp3) is 0.750. The van der Waals surface area contributed by atoms with E-state index >= 15 is 0 Å². The van der Waals surface area contributed by atoms with Crippen LogP contribution in [0, 0.1) is 0 Å². The number of carbonyl (C=O) groups is 3. The average Bonchev–Trinajstić information content (AvgIpc) is 3.40. The van der Waals surface area contributed by atoms with Gasteiger partial charge in [0.2, 0.25) is 0 Å². The molecule has 0 spiro atoms. The molecule has 0 fully saturated rings. The molecule has 0 aliphatic carbocycles. The van der Waals surface area contributed by atoms with E-state index in [9.17, 15) is 14.4 Å². The Labute approximate surface area is 458 Å². The van der Waals surface area contributed by atoms with E-state index in [0.717, 1.165) is 122 Å². The average molecular weight is 1030 g/mol. The van der Waals surface area contributed by atoms with Crippen LogP contribution in [0.25, 0.3) is 0 Å². The fourth-order valence-corrected chi connectivity index (χ4v) is 8.98. The van der Waals surface area contributed by atoms with Gasteiger partial charge < -0.3 is 14.2 Å². The van der Waals surface area contributed by atoms with Crippen LogP contribution in [-0.4, -0.2) is 37.2 Å². The first-order valence-electron chi connectivity index (χ1n) is 31.6. The van der Waals surface area contributed by atoms with E-state index in [1.54, 1.807) is 0 Å². The molecule has 6 heteroatoms. The predicted octanol–water partition coefficient (Wildman–Crippen LogP) is 21.5. The van der Waals surface area contributed by atoms with Crippen LogP contribution in [-0.2, 0) is 28.6 Å². The second kappa shape index (κ2) is 62.1. The summed E-state index contributed by atoms with van der Waals surface area (Å²) in [6.45, 7) is 6.44. The number of rotatable bonds is 57. The quantitative estimate of drug-likeness (QED) is 0.0261. The summed E-state index contributed by atoms with van der Waals surface area (Å²) in [5, 5.41) is 0. The lowest BCUT2D eigenvalue weighted by atomic mass is 10.0. The molecule has 0 radical (unpaired) electrons. The van der Waals surface area contributed by atoms with Crippen molar-refractivity contribution in [3.8, 4) is 0 Å². The molecule has 0 saturated carbocycles. The van der Waals surface area contributed by atoms with E-state index < -0.39 is 6.10 Å². The van der Waals surface area contributed by atoms with Crippen LogP contribution < -0.4 is 0 Å². The number of hydrogen-bond donors (Lipinski definition) is 0. The van der Waals surface area contributed by atoms with E-state index in [-0.39, 0.29) is 31.1 Å². The van der Waals surface area contributed by atoms with Gasteiger partial charge in [0.1, 0.15) is 13.2 Å². The Hall–Kier alpha value is -3.41. The topological polar surface area (TPSA) is 78.9 Å². The highest BCUT2D eigenvalue weighted by Gasteiger charge is 2.19. The van der Waals surface area contributed by atoms with Gasteiger partial charge in [0, 0.05) is 19.3 Å². The van der Waals surface area contributed by atoms with E-state index in [0.29, 0.717) is 19.3 Å². The number of carbonyl (C=O) groups excluding carboxylic acids is 3. The molecule has 0 rings (SSSR count). The van der Waals surface area contributed by atoms with Gasteiger partial charge in [-0.2, -0.15) is 0 Å². The molecule has 0 N–H and O–H groups in total. The molecule has 0 saturated heterocycles. The van der Waals surface area contributed by atoms with Crippen LogP contribution in [0.4, 0.5) is 0 Å². The lowest BCUT2D eigenvalue weighted by Gasteiger charge is -2.18. The molecule has 0 heterocycles. The molecule has 426 valence electrons. The zero-order valence-corrected chi connectivity index (χ0v) is 48.8. The van der Waals surface area contributed by atoms with Gasteiger partial charge in [-0.15, -0.1) is 0 Å². The standard InChI is InChI=1S/C68H118O6/c1-4-7-10-13-16-19-22-25-28-31-33-35-37-40-43-46-49-52-55-58-61-67(70)73-64-65(63-72-66(69)60-57-54-51-48-45-42-39-36-30-27-24-21-18-15-12-9-6-3)74-68(71)62-59-56-53-50-47-44-41-38-34-32-29-26-23-20-17-14-11-8-5-2/h8-9,11-12,17-18,20-21,26-27,29-30,34,38,65H,4-7,10,13-16,19,22-25,28,31-33,35-37,39-64H2,1-3H3/b11-8-,12-9-,20-17-,21-18-,29-26-,30-27-,38-34-. The van der Waals surface area contributed by atoms with Crippen LogP contribution in [0.5, 0.6) is 0 Å². The largest absolute Gasteiger partial charge is 0.462 e. The van der Waals surface area contributed by atoms with Crippen molar-refractivity contribution >= 4 is 17.9 Å². The molecular formula is C68H118O6. The Kier molecular flexibility index (Phi) is 59.3. The number of hydrogen-bond acceptors (Lipinski definition) is 6. The summed E-state index contributed by atoms with van der Waals surface area (Å²) in [5.41, 5.74) is 0. The first kappa shape index (κ1) is 70.6. The Morgan fingerprint density at radius 2 is 0.527 bits per heavy atom. The summed E-state index contributed by atoms with van der Waals surface area (Å²) in [6, 6.07) is 0. The predicted molar refractivity (Wildman–Crippen MR) is 321 cm³/mol. The van der Waals surface area contributed by atoms with Crippen molar-refractivity contribution in [2.24, 2.45) is 0 Å². The molecule has 1 unspecified atom stereocenters. The van der Waals surface area contributed by atoms with Gasteiger partial charge in [-0.05, 0) is 89.9 Å². The summed E-state index contributed by atoms with van der Waals surface area (Å²) in [6.07, 6.45) is 81.5. The minimum atomic E-state index is -0.789. The molecule has 0 aliphatic heterocycles. The Morgan fingerprint density at radius 1 is 0.284 bits per heavy atom. The van der Waals surface area contributed by atoms with Crippen molar-refractivity contribution < 1.29 is 28.6 Å². The third-order valence-corrected chi connectivity index (χ3v) is 13.6. The molecule has 0 amide bonds. The first-order chi connectivity index (χ1) is 36.5. The zero-order valence-electron chi connectivity index (χ0n) is 48.8. The third kappa shape index (κ3) is 59.5. The lowest BCUT2D eigenvalue weighted by molar-refractivity contribution is -0.167. The molecular weight excluding hydrogens is 913 g/mol. The Bertz CT molecular complexity index is 1420. The normalized spacial score (nSPS) is 12.6. The van der Waals surface area contributed by atoms with E-state index in [2.05, 4.69) is 106 Å². The van der Waals surface area contributed by atoms with Gasteiger partial charge in [0.05, 0.1) is 0 Å². The molecule has 0 aromatic heterocycles. The SMILES string of the molecule is CC/C=C\C/C=C\C/C=C\C/C=C\CCCCCCCCC(=O)OC(COC(=O)CCCCCCCCC/C=C\C/C=C\C/C=C\CC)COC(=O)CCCCCCCCCCCCCCCCCCCCCC. The van der Waals surface area contributed by atoms with Crippen LogP contribution in [0.2, 0.25) is 0 Å². The molecule has 0 bridgehead atoms. The first-order valence-corrected chi connectivity index (χ1v) is 31.6. The summed E-state index contributed by atoms with van der Waals surface area (Å²) in [7, 11) is 0. The molecule has 0 aromatic rings. The van der Waals surface area contributed by atoms with Gasteiger partial charge in [-0.1, -0.05) is 286 Å². The monoisotopic (exact) mass is 1030 g/mol. The molecule has 1 atom stereocenters. The summed E-state index contributed by atoms with van der Waals surface area (Å²) in [4.78, 5) is 38.3. The molecule has 74 heavy (non-hydrogen) atoms. The second-order valence-corrected chi connectivity index (χ2v) is 20.9. The van der Waals surface area contributed by atoms with Gasteiger partial charge in [-0.3, -0.25) is 14.4 Å². The lowest BCUT2D eigenvalue weighted by Crippen LogP contribution is -2.30. The van der Waals surface area contributed by atoms with Crippen LogP contribution in [0.1, 0.15) is 310 Å². The minimum Gasteiger partial charge on any atom is -0.462 e. The molecule has 0 aliphatic rings. The van der Waals surface area contributed by atoms with Crippen LogP contribution >= 0.6 is 0 Å². The van der Waals surface area contributed by atoms with E-state index in [1.165, 1.54) is 148 Å². The van der Waals surface area contributed by atoms with Gasteiger partial charge in [0.25, 0.3) is 0 Å². The van der Waals surface area contributed by atoms with Crippen molar-refractivity contribution in [1.82, 2.24) is 0 Å².